The Kier molecular flexibility index (Phi) is 7.79. The number of hydrogen-bond donors (Lipinski definition) is 2. The number of amides is 2. The van der Waals surface area contributed by atoms with Gasteiger partial charge in [-0.1, -0.05) is 18.2 Å². The van der Waals surface area contributed by atoms with Crippen molar-refractivity contribution < 1.29 is 32.2 Å². The van der Waals surface area contributed by atoms with E-state index in [1.807, 2.05) is 0 Å². The molecular formula is C20H19F3N2O4. The van der Waals surface area contributed by atoms with E-state index in [0.29, 0.717) is 16.9 Å². The summed E-state index contributed by atoms with van der Waals surface area (Å²) in [7, 11) is 1.49. The maximum Gasteiger partial charge on any atom is 0.416 e. The summed E-state index contributed by atoms with van der Waals surface area (Å²) >= 11 is 0. The second kappa shape index (κ2) is 10.3. The average molecular weight is 408 g/mol. The first-order valence-corrected chi connectivity index (χ1v) is 8.47. The van der Waals surface area contributed by atoms with E-state index in [9.17, 15) is 22.8 Å². The van der Waals surface area contributed by atoms with Crippen molar-refractivity contribution in [2.75, 3.05) is 31.0 Å². The largest absolute Gasteiger partial charge is 0.447 e. The van der Waals surface area contributed by atoms with Crippen LogP contribution in [0.4, 0.5) is 29.3 Å². The van der Waals surface area contributed by atoms with E-state index in [1.165, 1.54) is 37.5 Å². The Labute approximate surface area is 165 Å². The Morgan fingerprint density at radius 1 is 1.00 bits per heavy atom. The van der Waals surface area contributed by atoms with E-state index < -0.39 is 23.7 Å². The highest BCUT2D eigenvalue weighted by molar-refractivity contribution is 6.02. The van der Waals surface area contributed by atoms with E-state index in [4.69, 9.17) is 9.47 Å². The molecule has 0 spiro atoms. The first-order valence-electron chi connectivity index (χ1n) is 8.47. The van der Waals surface area contributed by atoms with Gasteiger partial charge in [-0.15, -0.1) is 0 Å². The molecule has 9 heteroatoms. The molecule has 0 heterocycles. The van der Waals surface area contributed by atoms with Crippen LogP contribution in [0.1, 0.15) is 11.1 Å². The summed E-state index contributed by atoms with van der Waals surface area (Å²) in [6.07, 6.45) is -2.48. The van der Waals surface area contributed by atoms with Gasteiger partial charge in [-0.25, -0.2) is 4.79 Å². The van der Waals surface area contributed by atoms with Gasteiger partial charge in [-0.2, -0.15) is 13.2 Å². The number of alkyl halides is 3. The van der Waals surface area contributed by atoms with Crippen LogP contribution in [0, 0.1) is 0 Å². The van der Waals surface area contributed by atoms with Crippen molar-refractivity contribution in [3.05, 3.63) is 65.7 Å². The highest BCUT2D eigenvalue weighted by atomic mass is 19.4. The van der Waals surface area contributed by atoms with Gasteiger partial charge in [0.15, 0.2) is 0 Å². The van der Waals surface area contributed by atoms with E-state index in [2.05, 4.69) is 10.6 Å². The molecule has 0 aliphatic carbocycles. The Morgan fingerprint density at radius 2 is 1.66 bits per heavy atom. The molecule has 0 aliphatic rings. The lowest BCUT2D eigenvalue weighted by atomic mass is 10.1. The molecular weight excluding hydrogens is 389 g/mol. The molecule has 0 saturated heterocycles. The minimum atomic E-state index is -4.41. The van der Waals surface area contributed by atoms with Gasteiger partial charge in [-0.05, 0) is 42.0 Å². The Bertz CT molecular complexity index is 865. The molecule has 2 aromatic rings. The normalized spacial score (nSPS) is 11.3. The fourth-order valence-corrected chi connectivity index (χ4v) is 2.19. The minimum absolute atomic E-state index is 0.105. The third-order valence-corrected chi connectivity index (χ3v) is 3.56. The molecule has 29 heavy (non-hydrogen) atoms. The predicted molar refractivity (Wildman–Crippen MR) is 102 cm³/mol. The third-order valence-electron chi connectivity index (χ3n) is 3.56. The fraction of sp³-hybridized carbons (Fsp3) is 0.200. The maximum atomic E-state index is 12.5. The van der Waals surface area contributed by atoms with Gasteiger partial charge in [-0.3, -0.25) is 10.1 Å². The van der Waals surface area contributed by atoms with Crippen molar-refractivity contribution in [1.82, 2.24) is 0 Å². The summed E-state index contributed by atoms with van der Waals surface area (Å²) in [4.78, 5) is 23.6. The van der Waals surface area contributed by atoms with Gasteiger partial charge in [0.2, 0.25) is 5.91 Å². The lowest BCUT2D eigenvalue weighted by Gasteiger charge is -2.08. The highest BCUT2D eigenvalue weighted by Gasteiger charge is 2.29. The Morgan fingerprint density at radius 3 is 2.28 bits per heavy atom. The molecule has 2 aromatic carbocycles. The fourth-order valence-electron chi connectivity index (χ4n) is 2.19. The second-order valence-corrected chi connectivity index (χ2v) is 5.78. The number of carbonyl (C=O) groups excluding carboxylic acids is 2. The van der Waals surface area contributed by atoms with Crippen LogP contribution in [0.5, 0.6) is 0 Å². The number of carbonyl (C=O) groups is 2. The molecule has 0 bridgehead atoms. The number of rotatable bonds is 7. The molecule has 0 fully saturated rings. The zero-order chi connectivity index (χ0) is 21.3. The smallest absolute Gasteiger partial charge is 0.416 e. The summed E-state index contributed by atoms with van der Waals surface area (Å²) in [6, 6.07) is 10.8. The zero-order valence-electron chi connectivity index (χ0n) is 15.5. The highest BCUT2D eigenvalue weighted by Crippen LogP contribution is 2.29. The van der Waals surface area contributed by atoms with Crippen LogP contribution in [0.25, 0.3) is 6.08 Å². The molecule has 0 saturated carbocycles. The van der Waals surface area contributed by atoms with Gasteiger partial charge >= 0.3 is 12.3 Å². The number of benzene rings is 2. The van der Waals surface area contributed by atoms with Crippen LogP contribution >= 0.6 is 0 Å². The molecule has 0 unspecified atom stereocenters. The van der Waals surface area contributed by atoms with Gasteiger partial charge in [0.1, 0.15) is 6.61 Å². The lowest BCUT2D eigenvalue weighted by Crippen LogP contribution is -2.16. The van der Waals surface area contributed by atoms with Gasteiger partial charge in [0.25, 0.3) is 0 Å². The molecule has 6 nitrogen and oxygen atoms in total. The van der Waals surface area contributed by atoms with Crippen molar-refractivity contribution in [2.45, 2.75) is 6.18 Å². The second-order valence-electron chi connectivity index (χ2n) is 5.78. The predicted octanol–water partition coefficient (Wildman–Crippen LogP) is 4.55. The van der Waals surface area contributed by atoms with E-state index in [0.717, 1.165) is 12.1 Å². The summed E-state index contributed by atoms with van der Waals surface area (Å²) in [6.45, 7) is 0.377. The number of halogens is 3. The van der Waals surface area contributed by atoms with Crippen molar-refractivity contribution >= 4 is 29.5 Å². The summed E-state index contributed by atoms with van der Waals surface area (Å²) in [5, 5.41) is 5.11. The van der Waals surface area contributed by atoms with E-state index in [-0.39, 0.29) is 13.2 Å². The number of anilines is 2. The number of methoxy groups -OCH3 is 1. The topological polar surface area (TPSA) is 76.7 Å². The summed E-state index contributed by atoms with van der Waals surface area (Å²) in [5.41, 5.74) is 0.519. The van der Waals surface area contributed by atoms with Crippen LogP contribution < -0.4 is 10.6 Å². The molecule has 2 amide bonds. The van der Waals surface area contributed by atoms with Gasteiger partial charge in [0.05, 0.1) is 12.2 Å². The summed E-state index contributed by atoms with van der Waals surface area (Å²) < 4.78 is 47.3. The molecule has 0 aliphatic heterocycles. The molecule has 0 aromatic heterocycles. The average Bonchev–Trinajstić information content (AvgIpc) is 2.66. The number of ether oxygens (including phenoxy) is 2. The van der Waals surface area contributed by atoms with Crippen molar-refractivity contribution in [3.63, 3.8) is 0 Å². The SMILES string of the molecule is COCCOC(=O)Nc1cccc(NC(=O)/C=C/c2ccc(C(F)(F)F)cc2)c1. The van der Waals surface area contributed by atoms with E-state index >= 15 is 0 Å². The first-order chi connectivity index (χ1) is 13.8. The third kappa shape index (κ3) is 7.67. The Hall–Kier alpha value is -3.33. The van der Waals surface area contributed by atoms with Crippen molar-refractivity contribution in [3.8, 4) is 0 Å². The van der Waals surface area contributed by atoms with Crippen LogP contribution in [0.2, 0.25) is 0 Å². The zero-order valence-corrected chi connectivity index (χ0v) is 15.5. The quantitative estimate of drug-likeness (QED) is 0.521. The van der Waals surface area contributed by atoms with Crippen molar-refractivity contribution in [2.24, 2.45) is 0 Å². The van der Waals surface area contributed by atoms with Crippen LogP contribution in [-0.4, -0.2) is 32.3 Å². The van der Waals surface area contributed by atoms with E-state index in [1.54, 1.807) is 18.2 Å². The van der Waals surface area contributed by atoms with Gasteiger partial charge < -0.3 is 14.8 Å². The standard InChI is InChI=1S/C20H19F3N2O4/c1-28-11-12-29-19(27)25-17-4-2-3-16(13-17)24-18(26)10-7-14-5-8-15(9-6-14)20(21,22)23/h2-10,13H,11-12H2,1H3,(H,24,26)(H,25,27)/b10-7+. The number of nitrogens with one attached hydrogen (secondary N) is 2. The van der Waals surface area contributed by atoms with Crippen LogP contribution in [-0.2, 0) is 20.4 Å². The lowest BCUT2D eigenvalue weighted by molar-refractivity contribution is -0.137. The summed E-state index contributed by atoms with van der Waals surface area (Å²) in [5.74, 6) is -0.482. The van der Waals surface area contributed by atoms with Crippen LogP contribution in [0.15, 0.2) is 54.6 Å². The molecule has 0 radical (unpaired) electrons. The van der Waals surface area contributed by atoms with Crippen molar-refractivity contribution in [1.29, 1.82) is 0 Å². The molecule has 0 atom stereocenters. The van der Waals surface area contributed by atoms with Gasteiger partial charge in [0, 0.05) is 24.6 Å². The van der Waals surface area contributed by atoms with Crippen LogP contribution in [0.3, 0.4) is 0 Å². The molecule has 2 N–H and O–H groups in total. The maximum absolute atomic E-state index is 12.5. The monoisotopic (exact) mass is 408 g/mol. The number of hydrogen-bond acceptors (Lipinski definition) is 4. The molecule has 2 rings (SSSR count). The molecule has 154 valence electrons. The first kappa shape index (κ1) is 22.0. The minimum Gasteiger partial charge on any atom is -0.447 e. The Balaban J connectivity index is 1.91.